The molecule has 0 radical (unpaired) electrons. The molecule has 1 heterocycles. The lowest BCUT2D eigenvalue weighted by Crippen LogP contribution is -2.46. The van der Waals surface area contributed by atoms with Crippen LogP contribution in [0.15, 0.2) is 72.8 Å². The summed E-state index contributed by atoms with van der Waals surface area (Å²) in [7, 11) is 0. The molecule has 4 rings (SSSR count). The Bertz CT molecular complexity index is 1140. The second kappa shape index (κ2) is 10.3. The summed E-state index contributed by atoms with van der Waals surface area (Å²) in [6.45, 7) is 3.60. The number of hydrogen-bond acceptors (Lipinski definition) is 3. The van der Waals surface area contributed by atoms with Crippen molar-refractivity contribution in [1.29, 1.82) is 0 Å². The summed E-state index contributed by atoms with van der Waals surface area (Å²) >= 11 is 0. The molecule has 4 nitrogen and oxygen atoms in total. The number of rotatable bonds is 6. The normalized spacial score (nSPS) is 14.8. The van der Waals surface area contributed by atoms with Crippen molar-refractivity contribution in [2.75, 3.05) is 31.1 Å². The summed E-state index contributed by atoms with van der Waals surface area (Å²) in [4.78, 5) is 16.9. The number of carbonyl (C=O) groups is 1. The van der Waals surface area contributed by atoms with Crippen molar-refractivity contribution in [2.45, 2.75) is 19.3 Å². The molecule has 0 aliphatic carbocycles. The molecule has 0 aromatic heterocycles. The minimum absolute atomic E-state index is 0.00495. The first kappa shape index (κ1) is 23.8. The Morgan fingerprint density at radius 1 is 0.853 bits per heavy atom. The molecular weight excluding hydrogens is 446 g/mol. The highest BCUT2D eigenvalue weighted by Gasteiger charge is 2.30. The lowest BCUT2D eigenvalue weighted by Gasteiger charge is -2.36. The van der Waals surface area contributed by atoms with Crippen molar-refractivity contribution in [3.8, 4) is 0 Å². The SMILES string of the molecule is O=C(NCc1cccc(C(F)(F)F)c1)c1cccc(CN2CCN(c3ccccc3F)CC2)c1. The molecule has 178 valence electrons. The molecule has 1 aliphatic rings. The highest BCUT2D eigenvalue weighted by Crippen LogP contribution is 2.29. The van der Waals surface area contributed by atoms with E-state index in [0.29, 0.717) is 36.4 Å². The number of anilines is 1. The third-order valence-electron chi connectivity index (χ3n) is 5.87. The van der Waals surface area contributed by atoms with Crippen LogP contribution >= 0.6 is 0 Å². The first-order chi connectivity index (χ1) is 16.3. The van der Waals surface area contributed by atoms with Crippen molar-refractivity contribution in [3.05, 3.63) is 101 Å². The smallest absolute Gasteiger partial charge is 0.367 e. The van der Waals surface area contributed by atoms with Crippen molar-refractivity contribution >= 4 is 11.6 Å². The number of halogens is 4. The molecule has 0 bridgehead atoms. The van der Waals surface area contributed by atoms with Crippen LogP contribution in [0.2, 0.25) is 0 Å². The number of amides is 1. The maximum atomic E-state index is 14.0. The van der Waals surface area contributed by atoms with E-state index in [1.807, 2.05) is 17.0 Å². The average Bonchev–Trinajstić information content (AvgIpc) is 2.83. The maximum Gasteiger partial charge on any atom is 0.416 e. The molecule has 1 amide bonds. The number of para-hydroxylation sites is 1. The molecular formula is C26H25F4N3O. The van der Waals surface area contributed by atoms with Gasteiger partial charge in [0.25, 0.3) is 5.91 Å². The molecule has 1 fully saturated rings. The van der Waals surface area contributed by atoms with Gasteiger partial charge in [-0.05, 0) is 47.5 Å². The van der Waals surface area contributed by atoms with E-state index in [2.05, 4.69) is 10.2 Å². The van der Waals surface area contributed by atoms with E-state index < -0.39 is 11.7 Å². The van der Waals surface area contributed by atoms with E-state index >= 15 is 0 Å². The molecule has 1 saturated heterocycles. The molecule has 1 aliphatic heterocycles. The second-order valence-electron chi connectivity index (χ2n) is 8.30. The maximum absolute atomic E-state index is 14.0. The van der Waals surface area contributed by atoms with Crippen LogP contribution in [0, 0.1) is 5.82 Å². The summed E-state index contributed by atoms with van der Waals surface area (Å²) < 4.78 is 52.7. The van der Waals surface area contributed by atoms with Gasteiger partial charge in [0.1, 0.15) is 5.82 Å². The Kier molecular flexibility index (Phi) is 7.17. The van der Waals surface area contributed by atoms with Gasteiger partial charge in [-0.15, -0.1) is 0 Å². The van der Waals surface area contributed by atoms with Gasteiger partial charge in [-0.25, -0.2) is 4.39 Å². The van der Waals surface area contributed by atoms with E-state index in [4.69, 9.17) is 0 Å². The molecule has 3 aromatic carbocycles. The number of nitrogens with one attached hydrogen (secondary N) is 1. The van der Waals surface area contributed by atoms with Crippen LogP contribution in [0.5, 0.6) is 0 Å². The van der Waals surface area contributed by atoms with Crippen molar-refractivity contribution in [3.63, 3.8) is 0 Å². The van der Waals surface area contributed by atoms with Gasteiger partial charge in [0.15, 0.2) is 0 Å². The highest BCUT2D eigenvalue weighted by molar-refractivity contribution is 5.94. The first-order valence-corrected chi connectivity index (χ1v) is 11.0. The van der Waals surface area contributed by atoms with Crippen LogP contribution in [-0.2, 0) is 19.3 Å². The number of alkyl halides is 3. The van der Waals surface area contributed by atoms with E-state index in [-0.39, 0.29) is 18.3 Å². The summed E-state index contributed by atoms with van der Waals surface area (Å²) in [5.41, 5.74) is 1.67. The minimum Gasteiger partial charge on any atom is -0.367 e. The van der Waals surface area contributed by atoms with Gasteiger partial charge >= 0.3 is 6.18 Å². The summed E-state index contributed by atoms with van der Waals surface area (Å²) in [6.07, 6.45) is -4.42. The fraction of sp³-hybridized carbons (Fsp3) is 0.269. The van der Waals surface area contributed by atoms with Gasteiger partial charge in [0.05, 0.1) is 11.3 Å². The predicted octanol–water partition coefficient (Wildman–Crippen LogP) is 5.10. The van der Waals surface area contributed by atoms with Crippen molar-refractivity contribution in [2.24, 2.45) is 0 Å². The fourth-order valence-corrected chi connectivity index (χ4v) is 4.07. The van der Waals surface area contributed by atoms with E-state index in [1.165, 1.54) is 12.1 Å². The van der Waals surface area contributed by atoms with Crippen LogP contribution in [0.25, 0.3) is 0 Å². The van der Waals surface area contributed by atoms with Crippen LogP contribution in [0.3, 0.4) is 0 Å². The lowest BCUT2D eigenvalue weighted by molar-refractivity contribution is -0.137. The third-order valence-corrected chi connectivity index (χ3v) is 5.87. The first-order valence-electron chi connectivity index (χ1n) is 11.0. The zero-order chi connectivity index (χ0) is 24.1. The zero-order valence-corrected chi connectivity index (χ0v) is 18.5. The van der Waals surface area contributed by atoms with Gasteiger partial charge in [-0.2, -0.15) is 13.2 Å². The topological polar surface area (TPSA) is 35.6 Å². The van der Waals surface area contributed by atoms with Gasteiger partial charge in [-0.3, -0.25) is 9.69 Å². The standard InChI is InChI=1S/C26H25F4N3O/c27-23-9-1-2-10-24(23)33-13-11-32(12-14-33)18-20-6-3-7-21(15-20)25(34)31-17-19-5-4-8-22(16-19)26(28,29)30/h1-10,15-16H,11-14,17-18H2,(H,31,34). The Morgan fingerprint density at radius 2 is 1.56 bits per heavy atom. The van der Waals surface area contributed by atoms with Crippen LogP contribution in [0.4, 0.5) is 23.2 Å². The molecule has 0 atom stereocenters. The van der Waals surface area contributed by atoms with Crippen LogP contribution in [0.1, 0.15) is 27.0 Å². The molecule has 34 heavy (non-hydrogen) atoms. The number of carbonyl (C=O) groups excluding carboxylic acids is 1. The van der Waals surface area contributed by atoms with Gasteiger partial charge < -0.3 is 10.2 Å². The zero-order valence-electron chi connectivity index (χ0n) is 18.5. The Morgan fingerprint density at radius 3 is 2.29 bits per heavy atom. The monoisotopic (exact) mass is 471 g/mol. The Hall–Kier alpha value is -3.39. The molecule has 0 spiro atoms. The van der Waals surface area contributed by atoms with Crippen molar-refractivity contribution in [1.82, 2.24) is 10.2 Å². The van der Waals surface area contributed by atoms with E-state index in [9.17, 15) is 22.4 Å². The van der Waals surface area contributed by atoms with E-state index in [0.717, 1.165) is 30.8 Å². The average molecular weight is 471 g/mol. The lowest BCUT2D eigenvalue weighted by atomic mass is 10.1. The predicted molar refractivity (Wildman–Crippen MR) is 123 cm³/mol. The Balaban J connectivity index is 1.32. The quantitative estimate of drug-likeness (QED) is 0.509. The minimum atomic E-state index is -4.42. The Labute approximate surface area is 195 Å². The van der Waals surface area contributed by atoms with Gasteiger partial charge in [0, 0.05) is 44.8 Å². The number of piperazine rings is 1. The molecule has 8 heteroatoms. The number of hydrogen-bond donors (Lipinski definition) is 1. The second-order valence-corrected chi connectivity index (χ2v) is 8.30. The highest BCUT2D eigenvalue weighted by atomic mass is 19.4. The summed E-state index contributed by atoms with van der Waals surface area (Å²) in [5, 5.41) is 2.69. The summed E-state index contributed by atoms with van der Waals surface area (Å²) in [5.74, 6) is -0.566. The van der Waals surface area contributed by atoms with E-state index in [1.54, 1.807) is 36.4 Å². The third kappa shape index (κ3) is 5.94. The molecule has 3 aromatic rings. The fourth-order valence-electron chi connectivity index (χ4n) is 4.07. The number of nitrogens with zero attached hydrogens (tertiary/aromatic N) is 2. The largest absolute Gasteiger partial charge is 0.416 e. The molecule has 0 saturated carbocycles. The van der Waals surface area contributed by atoms with Crippen LogP contribution < -0.4 is 10.2 Å². The van der Waals surface area contributed by atoms with Gasteiger partial charge in [0.2, 0.25) is 0 Å². The molecule has 1 N–H and O–H groups in total. The number of benzene rings is 3. The van der Waals surface area contributed by atoms with Crippen LogP contribution in [-0.4, -0.2) is 37.0 Å². The van der Waals surface area contributed by atoms with Gasteiger partial charge in [-0.1, -0.05) is 36.4 Å². The van der Waals surface area contributed by atoms with Crippen molar-refractivity contribution < 1.29 is 22.4 Å². The molecule has 0 unspecified atom stereocenters. The summed E-state index contributed by atoms with van der Waals surface area (Å²) in [6, 6.07) is 18.9.